The third kappa shape index (κ3) is 2.36. The van der Waals surface area contributed by atoms with E-state index in [0.717, 1.165) is 5.69 Å². The van der Waals surface area contributed by atoms with Crippen LogP contribution >= 0.6 is 0 Å². The number of nitrogens with zero attached hydrogens (tertiary/aromatic N) is 1. The van der Waals surface area contributed by atoms with Crippen molar-refractivity contribution in [2.24, 2.45) is 0 Å². The molecule has 1 aromatic carbocycles. The summed E-state index contributed by atoms with van der Waals surface area (Å²) < 4.78 is 13.6. The van der Waals surface area contributed by atoms with Crippen LogP contribution in [0.4, 0.5) is 10.1 Å². The Balaban J connectivity index is 1.93. The molecule has 3 heteroatoms. The lowest BCUT2D eigenvalue weighted by Gasteiger charge is -2.50. The van der Waals surface area contributed by atoms with Crippen molar-refractivity contribution in [3.8, 4) is 0 Å². The van der Waals surface area contributed by atoms with Crippen LogP contribution in [0.3, 0.4) is 0 Å². The first kappa shape index (κ1) is 12.9. The first-order chi connectivity index (χ1) is 9.19. The number of piperidine rings is 2. The Bertz CT molecular complexity index is 446. The Labute approximate surface area is 115 Å². The number of hydrogen-bond acceptors (Lipinski definition) is 2. The molecule has 2 bridgehead atoms. The van der Waals surface area contributed by atoms with E-state index in [1.165, 1.54) is 37.7 Å². The highest BCUT2D eigenvalue weighted by atomic mass is 19.1. The lowest BCUT2D eigenvalue weighted by Crippen LogP contribution is -2.56. The summed E-state index contributed by atoms with van der Waals surface area (Å²) in [5, 5.41) is 3.43. The number of hydrogen-bond donors (Lipinski definition) is 1. The molecule has 2 unspecified atom stereocenters. The summed E-state index contributed by atoms with van der Waals surface area (Å²) in [6, 6.07) is 6.97. The van der Waals surface area contributed by atoms with Crippen molar-refractivity contribution in [3.05, 3.63) is 29.6 Å². The molecule has 0 saturated carbocycles. The summed E-state index contributed by atoms with van der Waals surface area (Å²) in [5.41, 5.74) is 2.31. The van der Waals surface area contributed by atoms with Gasteiger partial charge in [0, 0.05) is 23.8 Å². The van der Waals surface area contributed by atoms with Crippen molar-refractivity contribution >= 4 is 5.69 Å². The summed E-state index contributed by atoms with van der Waals surface area (Å²) in [6.07, 6.45) is 6.16. The van der Waals surface area contributed by atoms with Gasteiger partial charge < -0.3 is 10.2 Å². The Kier molecular flexibility index (Phi) is 3.48. The fourth-order valence-electron chi connectivity index (χ4n) is 3.87. The minimum absolute atomic E-state index is 0.116. The summed E-state index contributed by atoms with van der Waals surface area (Å²) in [4.78, 5) is 2.51. The maximum Gasteiger partial charge on any atom is 0.125 e. The highest BCUT2D eigenvalue weighted by molar-refractivity contribution is 5.56. The molecule has 0 amide bonds. The molecule has 1 N–H and O–H groups in total. The van der Waals surface area contributed by atoms with Gasteiger partial charge in [0.1, 0.15) is 5.82 Å². The van der Waals surface area contributed by atoms with E-state index in [1.807, 2.05) is 6.07 Å². The Morgan fingerprint density at radius 3 is 2.53 bits per heavy atom. The van der Waals surface area contributed by atoms with Crippen LogP contribution in [0.25, 0.3) is 0 Å². The van der Waals surface area contributed by atoms with Crippen LogP contribution < -0.4 is 10.2 Å². The smallest absolute Gasteiger partial charge is 0.125 e. The molecular formula is C16H23FN2. The molecule has 2 aliphatic heterocycles. The summed E-state index contributed by atoms with van der Waals surface area (Å²) in [5.74, 6) is -0.116. The molecule has 104 valence electrons. The number of halogens is 1. The lowest BCUT2D eigenvalue weighted by atomic mass is 9.81. The van der Waals surface area contributed by atoms with E-state index in [0.29, 0.717) is 18.1 Å². The molecule has 1 aromatic rings. The normalized spacial score (nSPS) is 30.5. The zero-order chi connectivity index (χ0) is 13.4. The second kappa shape index (κ2) is 5.12. The topological polar surface area (TPSA) is 15.3 Å². The average molecular weight is 262 g/mol. The van der Waals surface area contributed by atoms with Gasteiger partial charge in [-0.05, 0) is 63.8 Å². The van der Waals surface area contributed by atoms with Crippen molar-refractivity contribution in [2.45, 2.75) is 57.2 Å². The molecule has 2 nitrogen and oxygen atoms in total. The molecule has 0 spiro atoms. The third-order valence-electron chi connectivity index (χ3n) is 4.83. The van der Waals surface area contributed by atoms with Gasteiger partial charge in [-0.2, -0.15) is 0 Å². The number of benzene rings is 1. The number of fused-ring (bicyclic) bond motifs is 2. The Morgan fingerprint density at radius 1 is 1.21 bits per heavy atom. The minimum Gasteiger partial charge on any atom is -0.365 e. The molecule has 2 fully saturated rings. The molecule has 0 aromatic heterocycles. The standard InChI is InChI=1S/C16H23FN2/c1-11-6-7-12(17)8-16(11)19-14-4-3-5-15(19)10-13(9-14)18-2/h6-8,13-15,18H,3-5,9-10H2,1-2H3. The van der Waals surface area contributed by atoms with Crippen LogP contribution in [0.2, 0.25) is 0 Å². The fraction of sp³-hybridized carbons (Fsp3) is 0.625. The average Bonchev–Trinajstić information content (AvgIpc) is 2.40. The van der Waals surface area contributed by atoms with Gasteiger partial charge in [-0.25, -0.2) is 4.39 Å². The molecule has 2 saturated heterocycles. The van der Waals surface area contributed by atoms with Crippen molar-refractivity contribution in [1.82, 2.24) is 5.32 Å². The Hall–Kier alpha value is -1.09. The van der Waals surface area contributed by atoms with Crippen LogP contribution in [-0.4, -0.2) is 25.2 Å². The summed E-state index contributed by atoms with van der Waals surface area (Å²) in [7, 11) is 2.06. The van der Waals surface area contributed by atoms with Crippen LogP contribution in [0, 0.1) is 12.7 Å². The number of aryl methyl sites for hydroxylation is 1. The van der Waals surface area contributed by atoms with Gasteiger partial charge in [-0.15, -0.1) is 0 Å². The van der Waals surface area contributed by atoms with Crippen molar-refractivity contribution in [1.29, 1.82) is 0 Å². The van der Waals surface area contributed by atoms with E-state index in [2.05, 4.69) is 24.2 Å². The number of nitrogens with one attached hydrogen (secondary N) is 1. The first-order valence-corrected chi connectivity index (χ1v) is 7.41. The van der Waals surface area contributed by atoms with E-state index in [4.69, 9.17) is 0 Å². The molecule has 0 aliphatic carbocycles. The zero-order valence-corrected chi connectivity index (χ0v) is 11.8. The lowest BCUT2D eigenvalue weighted by molar-refractivity contribution is 0.252. The van der Waals surface area contributed by atoms with Gasteiger partial charge >= 0.3 is 0 Å². The van der Waals surface area contributed by atoms with Gasteiger partial charge in [0.05, 0.1) is 0 Å². The van der Waals surface area contributed by atoms with Crippen molar-refractivity contribution < 1.29 is 4.39 Å². The van der Waals surface area contributed by atoms with Crippen LogP contribution in [0.5, 0.6) is 0 Å². The molecule has 2 aliphatic rings. The number of anilines is 1. The largest absolute Gasteiger partial charge is 0.365 e. The SMILES string of the molecule is CNC1CC2CCCC(C1)N2c1cc(F)ccc1C. The van der Waals surface area contributed by atoms with Crippen LogP contribution in [0.15, 0.2) is 18.2 Å². The molecule has 2 atom stereocenters. The second-order valence-corrected chi connectivity index (χ2v) is 6.03. The van der Waals surface area contributed by atoms with Crippen molar-refractivity contribution in [2.75, 3.05) is 11.9 Å². The van der Waals surface area contributed by atoms with Gasteiger partial charge in [-0.3, -0.25) is 0 Å². The summed E-state index contributed by atoms with van der Waals surface area (Å²) in [6.45, 7) is 2.09. The fourth-order valence-corrected chi connectivity index (χ4v) is 3.87. The van der Waals surface area contributed by atoms with E-state index in [9.17, 15) is 4.39 Å². The van der Waals surface area contributed by atoms with Gasteiger partial charge in [0.25, 0.3) is 0 Å². The van der Waals surface area contributed by atoms with Crippen LogP contribution in [0.1, 0.15) is 37.7 Å². The van der Waals surface area contributed by atoms with Gasteiger partial charge in [-0.1, -0.05) is 6.07 Å². The minimum atomic E-state index is -0.116. The van der Waals surface area contributed by atoms with E-state index >= 15 is 0 Å². The third-order valence-corrected chi connectivity index (χ3v) is 4.83. The quantitative estimate of drug-likeness (QED) is 0.880. The zero-order valence-electron chi connectivity index (χ0n) is 11.8. The maximum absolute atomic E-state index is 13.6. The van der Waals surface area contributed by atoms with E-state index < -0.39 is 0 Å². The van der Waals surface area contributed by atoms with E-state index in [-0.39, 0.29) is 5.82 Å². The first-order valence-electron chi connectivity index (χ1n) is 7.41. The monoisotopic (exact) mass is 262 g/mol. The molecule has 2 heterocycles. The molecular weight excluding hydrogens is 239 g/mol. The van der Waals surface area contributed by atoms with Gasteiger partial charge in [0.15, 0.2) is 0 Å². The van der Waals surface area contributed by atoms with E-state index in [1.54, 1.807) is 12.1 Å². The predicted molar refractivity (Wildman–Crippen MR) is 77.1 cm³/mol. The Morgan fingerprint density at radius 2 is 1.89 bits per heavy atom. The van der Waals surface area contributed by atoms with Gasteiger partial charge in [0.2, 0.25) is 0 Å². The predicted octanol–water partition coefficient (Wildman–Crippen LogP) is 3.24. The molecule has 19 heavy (non-hydrogen) atoms. The maximum atomic E-state index is 13.6. The summed E-state index contributed by atoms with van der Waals surface area (Å²) >= 11 is 0. The highest BCUT2D eigenvalue weighted by Gasteiger charge is 2.38. The highest BCUT2D eigenvalue weighted by Crippen LogP contribution is 2.39. The van der Waals surface area contributed by atoms with Crippen molar-refractivity contribution in [3.63, 3.8) is 0 Å². The number of rotatable bonds is 2. The molecule has 0 radical (unpaired) electrons. The van der Waals surface area contributed by atoms with Crippen LogP contribution in [-0.2, 0) is 0 Å². The second-order valence-electron chi connectivity index (χ2n) is 6.03. The molecule has 3 rings (SSSR count).